The zero-order chi connectivity index (χ0) is 59.8. The number of rotatable bonds is 54. The van der Waals surface area contributed by atoms with Crippen LogP contribution < -0.4 is 0 Å². The highest BCUT2D eigenvalue weighted by atomic mass is 31.2. The molecule has 0 aliphatic heterocycles. The molecule has 1 N–H and O–H groups in total. The van der Waals surface area contributed by atoms with E-state index in [1.165, 1.54) is 0 Å². The quantitative estimate of drug-likeness (QED) is 0.0211. The van der Waals surface area contributed by atoms with Gasteiger partial charge in [-0.25, -0.2) is 4.57 Å². The van der Waals surface area contributed by atoms with Crippen molar-refractivity contribution in [2.45, 2.75) is 200 Å². The number of hydrogen-bond donors (Lipinski definition) is 1. The number of esters is 2. The summed E-state index contributed by atoms with van der Waals surface area (Å²) in [5, 5.41) is 0. The minimum absolute atomic E-state index is 0.00933. The van der Waals surface area contributed by atoms with Gasteiger partial charge in [0.25, 0.3) is 0 Å². The first kappa shape index (κ1) is 76.9. The van der Waals surface area contributed by atoms with Gasteiger partial charge in [-0.05, 0) is 141 Å². The minimum atomic E-state index is -4.42. The van der Waals surface area contributed by atoms with Gasteiger partial charge in [0.1, 0.15) is 19.8 Å². The molecule has 2 atom stereocenters. The molecule has 9 nitrogen and oxygen atoms in total. The number of phosphoric acid groups is 1. The van der Waals surface area contributed by atoms with Crippen LogP contribution in [0, 0.1) is 0 Å². The molecule has 0 saturated heterocycles. The van der Waals surface area contributed by atoms with Crippen molar-refractivity contribution in [3.63, 3.8) is 0 Å². The second-order valence-corrected chi connectivity index (χ2v) is 22.4. The molecule has 82 heavy (non-hydrogen) atoms. The molecule has 10 heteroatoms. The van der Waals surface area contributed by atoms with E-state index >= 15 is 0 Å². The molecule has 0 spiro atoms. The van der Waals surface area contributed by atoms with Gasteiger partial charge in [0.05, 0.1) is 27.7 Å². The largest absolute Gasteiger partial charge is 0.472 e. The number of phosphoric ester groups is 1. The second-order valence-electron chi connectivity index (χ2n) is 21.0. The standard InChI is InChI=1S/C72H112NO8P/c1-6-8-10-12-14-16-18-20-22-24-26-28-29-30-31-32-33-34-35-36-37-38-39-40-41-42-43-45-47-49-51-53-55-57-59-61-63-65-72(75)81-70(69-80-82(76,77)79-67-66-73(3,4)5)68-78-71(74)64-62-60-58-56-54-52-50-48-46-44-27-25-23-21-19-17-15-13-11-9-7-2/h8-11,14-17,20-23,26-28,30-31,33-34,36-37,39-40,42-44,47-50,54,56,70H,6-7,12-13,18-19,24-25,29,32,35,38,41,45-46,51-53,55,57-69H2,1-5H3/p+1/b10-8-,11-9-,16-14-,17-15-,22-20-,23-21-,28-26-,31-30-,34-33-,37-36-,40-39-,43-42-,44-27-,49-47-,50-48-,56-54-. The maximum Gasteiger partial charge on any atom is 0.472 e. The molecule has 0 fully saturated rings. The molecule has 2 unspecified atom stereocenters. The molecule has 0 aromatic rings. The van der Waals surface area contributed by atoms with Crippen molar-refractivity contribution in [1.29, 1.82) is 0 Å². The Kier molecular flexibility index (Phi) is 56.6. The van der Waals surface area contributed by atoms with Crippen LogP contribution in [0.3, 0.4) is 0 Å². The first-order chi connectivity index (χ1) is 40.0. The van der Waals surface area contributed by atoms with Crippen LogP contribution in [0.4, 0.5) is 0 Å². The van der Waals surface area contributed by atoms with E-state index in [4.69, 9.17) is 18.5 Å². The van der Waals surface area contributed by atoms with Crippen molar-refractivity contribution in [3.8, 4) is 0 Å². The lowest BCUT2D eigenvalue weighted by Crippen LogP contribution is -2.37. The van der Waals surface area contributed by atoms with Crippen LogP contribution in [0.1, 0.15) is 194 Å². The number of allylic oxidation sites excluding steroid dienone is 32. The lowest BCUT2D eigenvalue weighted by molar-refractivity contribution is -0.870. The van der Waals surface area contributed by atoms with Crippen molar-refractivity contribution in [2.24, 2.45) is 0 Å². The Balaban J connectivity index is 4.28. The van der Waals surface area contributed by atoms with E-state index in [0.717, 1.165) is 154 Å². The summed E-state index contributed by atoms with van der Waals surface area (Å²) >= 11 is 0. The number of carbonyl (C=O) groups is 2. The fourth-order valence-electron chi connectivity index (χ4n) is 7.40. The number of hydrogen-bond acceptors (Lipinski definition) is 7. The smallest absolute Gasteiger partial charge is 0.462 e. The fourth-order valence-corrected chi connectivity index (χ4v) is 8.14. The third-order valence-corrected chi connectivity index (χ3v) is 13.1. The highest BCUT2D eigenvalue weighted by Crippen LogP contribution is 2.43. The lowest BCUT2D eigenvalue weighted by Gasteiger charge is -2.24. The van der Waals surface area contributed by atoms with Crippen molar-refractivity contribution >= 4 is 19.8 Å². The Hall–Kier alpha value is -5.15. The predicted octanol–water partition coefficient (Wildman–Crippen LogP) is 20.1. The summed E-state index contributed by atoms with van der Waals surface area (Å²) in [4.78, 5) is 35.7. The highest BCUT2D eigenvalue weighted by Gasteiger charge is 2.27. The maximum atomic E-state index is 12.8. The molecule has 0 aromatic heterocycles. The molecular formula is C72H113NO8P+. The van der Waals surface area contributed by atoms with E-state index < -0.39 is 32.5 Å². The number of carbonyl (C=O) groups excluding carboxylic acids is 2. The molecule has 0 saturated carbocycles. The van der Waals surface area contributed by atoms with Crippen molar-refractivity contribution in [1.82, 2.24) is 0 Å². The summed E-state index contributed by atoms with van der Waals surface area (Å²) in [5.41, 5.74) is 0. The normalized spacial score (nSPS) is 14.6. The lowest BCUT2D eigenvalue weighted by atomic mass is 10.1. The average molecular weight is 1150 g/mol. The summed E-state index contributed by atoms with van der Waals surface area (Å²) in [7, 11) is 1.41. The zero-order valence-corrected chi connectivity index (χ0v) is 52.8. The summed E-state index contributed by atoms with van der Waals surface area (Å²) in [5.74, 6) is -0.884. The van der Waals surface area contributed by atoms with Gasteiger partial charge in [0.2, 0.25) is 0 Å². The van der Waals surface area contributed by atoms with Crippen LogP contribution in [0.25, 0.3) is 0 Å². The molecule has 0 bridgehead atoms. The molecule has 0 aliphatic rings. The molecule has 0 rings (SSSR count). The molecule has 0 amide bonds. The van der Waals surface area contributed by atoms with Crippen LogP contribution >= 0.6 is 7.82 Å². The summed E-state index contributed by atoms with van der Waals surface area (Å²) in [6, 6.07) is 0. The minimum Gasteiger partial charge on any atom is -0.462 e. The van der Waals surface area contributed by atoms with Gasteiger partial charge >= 0.3 is 19.8 Å². The number of nitrogens with zero attached hydrogens (tertiary/aromatic N) is 1. The van der Waals surface area contributed by atoms with Crippen LogP contribution in [-0.4, -0.2) is 74.9 Å². The van der Waals surface area contributed by atoms with Crippen LogP contribution in [0.2, 0.25) is 0 Å². The van der Waals surface area contributed by atoms with Gasteiger partial charge in [0, 0.05) is 12.8 Å². The summed E-state index contributed by atoms with van der Waals surface area (Å²) < 4.78 is 34.5. The van der Waals surface area contributed by atoms with Gasteiger partial charge in [-0.3, -0.25) is 18.6 Å². The Morgan fingerprint density at radius 1 is 0.378 bits per heavy atom. The van der Waals surface area contributed by atoms with Crippen molar-refractivity contribution in [2.75, 3.05) is 47.5 Å². The Labute approximate surface area is 501 Å². The summed E-state index contributed by atoms with van der Waals surface area (Å²) in [6.45, 7) is 4.10. The third-order valence-electron chi connectivity index (χ3n) is 12.1. The number of unbranched alkanes of at least 4 members (excludes halogenated alkanes) is 8. The predicted molar refractivity (Wildman–Crippen MR) is 352 cm³/mol. The Bertz CT molecular complexity index is 2080. The Morgan fingerprint density at radius 2 is 0.659 bits per heavy atom. The molecule has 0 aliphatic carbocycles. The van der Waals surface area contributed by atoms with Gasteiger partial charge in [0.15, 0.2) is 6.10 Å². The van der Waals surface area contributed by atoms with E-state index in [9.17, 15) is 19.0 Å². The van der Waals surface area contributed by atoms with Crippen LogP contribution in [-0.2, 0) is 32.7 Å². The van der Waals surface area contributed by atoms with Gasteiger partial charge < -0.3 is 18.9 Å². The molecule has 0 aromatic carbocycles. The number of quaternary nitrogens is 1. The van der Waals surface area contributed by atoms with E-state index in [1.54, 1.807) is 0 Å². The van der Waals surface area contributed by atoms with Crippen LogP contribution in [0.15, 0.2) is 194 Å². The molecule has 0 heterocycles. The maximum absolute atomic E-state index is 12.8. The zero-order valence-electron chi connectivity index (χ0n) is 51.9. The molecule has 0 radical (unpaired) electrons. The first-order valence-corrected chi connectivity index (χ1v) is 32.7. The monoisotopic (exact) mass is 1150 g/mol. The topological polar surface area (TPSA) is 108 Å². The van der Waals surface area contributed by atoms with Crippen molar-refractivity contribution in [3.05, 3.63) is 194 Å². The number of ether oxygens (including phenoxy) is 2. The first-order valence-electron chi connectivity index (χ1n) is 31.2. The number of likely N-dealkylation sites (N-methyl/N-ethyl adjacent to an activating group) is 1. The highest BCUT2D eigenvalue weighted by molar-refractivity contribution is 7.47. The van der Waals surface area contributed by atoms with Crippen molar-refractivity contribution < 1.29 is 42.1 Å². The second kappa shape index (κ2) is 60.4. The van der Waals surface area contributed by atoms with Crippen LogP contribution in [0.5, 0.6) is 0 Å². The van der Waals surface area contributed by atoms with E-state index in [0.29, 0.717) is 23.9 Å². The van der Waals surface area contributed by atoms with E-state index in [2.05, 4.69) is 208 Å². The van der Waals surface area contributed by atoms with Gasteiger partial charge in [-0.1, -0.05) is 234 Å². The van der Waals surface area contributed by atoms with Gasteiger partial charge in [-0.15, -0.1) is 0 Å². The fraction of sp³-hybridized carbons (Fsp3) is 0.528. The van der Waals surface area contributed by atoms with E-state index in [-0.39, 0.29) is 26.1 Å². The van der Waals surface area contributed by atoms with E-state index in [1.807, 2.05) is 21.1 Å². The third kappa shape index (κ3) is 64.0. The van der Waals surface area contributed by atoms with Gasteiger partial charge in [-0.2, -0.15) is 0 Å². The Morgan fingerprint density at radius 3 is 1.00 bits per heavy atom. The summed E-state index contributed by atoms with van der Waals surface area (Å²) in [6.07, 6.45) is 95.1. The molecule has 458 valence electrons. The SMILES string of the molecule is CC/C=C\C/C=C\C/C=C\C/C=C\C/C=C\C/C=C\C/C=C\C/C=C\C/C=C\C/C=C\CCCCCCCCC(=O)OC(COC(=O)CCCC/C=C\C/C=C\C/C=C\C/C=C\C/C=C\C/C=C\CC)COP(=O)(O)OCC[N+](C)(C)C. The average Bonchev–Trinajstić information content (AvgIpc) is 3.46. The molecular weight excluding hydrogens is 1040 g/mol.